The molecular formula is C27H24BrFN4O2. The Labute approximate surface area is 211 Å². The zero-order chi connectivity index (χ0) is 24.5. The lowest BCUT2D eigenvalue weighted by molar-refractivity contribution is -0.130. The molecule has 1 amide bonds. The highest BCUT2D eigenvalue weighted by atomic mass is 79.9. The maximum Gasteiger partial charge on any atom is 0.253 e. The summed E-state index contributed by atoms with van der Waals surface area (Å²) in [5.41, 5.74) is 10.6. The second-order valence-corrected chi connectivity index (χ2v) is 9.43. The van der Waals surface area contributed by atoms with Crippen LogP contribution in [-0.4, -0.2) is 33.2 Å². The minimum absolute atomic E-state index is 0.0830. The van der Waals surface area contributed by atoms with Crippen LogP contribution in [0.3, 0.4) is 0 Å². The van der Waals surface area contributed by atoms with Crippen LogP contribution in [0.2, 0.25) is 0 Å². The summed E-state index contributed by atoms with van der Waals surface area (Å²) in [6.07, 6.45) is 1.31. The highest BCUT2D eigenvalue weighted by molar-refractivity contribution is 9.10. The average Bonchev–Trinajstić information content (AvgIpc) is 3.40. The number of carbonyl (C=O) groups excluding carboxylic acids is 1. The van der Waals surface area contributed by atoms with E-state index in [0.717, 1.165) is 26.9 Å². The molecule has 4 aromatic rings. The van der Waals surface area contributed by atoms with Gasteiger partial charge in [-0.3, -0.25) is 4.79 Å². The van der Waals surface area contributed by atoms with Crippen LogP contribution in [0.25, 0.3) is 16.9 Å². The quantitative estimate of drug-likeness (QED) is 0.331. The van der Waals surface area contributed by atoms with E-state index in [1.54, 1.807) is 28.6 Å². The van der Waals surface area contributed by atoms with E-state index < -0.39 is 12.3 Å². The number of anilines is 1. The Morgan fingerprint density at radius 1 is 1.09 bits per heavy atom. The fourth-order valence-corrected chi connectivity index (χ4v) is 4.53. The normalized spacial score (nSPS) is 17.8. The Hall–Kier alpha value is -3.49. The van der Waals surface area contributed by atoms with Crippen LogP contribution >= 0.6 is 15.9 Å². The summed E-state index contributed by atoms with van der Waals surface area (Å²) in [5.74, 6) is -0.410. The van der Waals surface area contributed by atoms with Crippen molar-refractivity contribution in [1.82, 2.24) is 14.7 Å². The molecule has 6 nitrogen and oxygen atoms in total. The van der Waals surface area contributed by atoms with Gasteiger partial charge in [0.1, 0.15) is 17.6 Å². The number of benzene rings is 3. The van der Waals surface area contributed by atoms with Crippen LogP contribution in [0.15, 0.2) is 83.5 Å². The van der Waals surface area contributed by atoms with Crippen molar-refractivity contribution in [3.8, 4) is 16.9 Å². The Balaban J connectivity index is 1.54. The minimum atomic E-state index is -0.622. The molecule has 0 unspecified atom stereocenters. The van der Waals surface area contributed by atoms with Gasteiger partial charge in [0.05, 0.1) is 5.69 Å². The van der Waals surface area contributed by atoms with Crippen molar-refractivity contribution in [1.29, 1.82) is 0 Å². The van der Waals surface area contributed by atoms with Gasteiger partial charge in [-0.15, -0.1) is 0 Å². The van der Waals surface area contributed by atoms with E-state index in [1.165, 1.54) is 12.1 Å². The highest BCUT2D eigenvalue weighted by Crippen LogP contribution is 2.37. The molecule has 2 N–H and O–H groups in total. The molecule has 1 saturated heterocycles. The molecule has 0 aliphatic carbocycles. The lowest BCUT2D eigenvalue weighted by atomic mass is 10.1. The van der Waals surface area contributed by atoms with Crippen molar-refractivity contribution in [3.05, 3.63) is 100 Å². The Morgan fingerprint density at radius 2 is 1.83 bits per heavy atom. The lowest BCUT2D eigenvalue weighted by Gasteiger charge is -2.23. The number of carbonyl (C=O) groups is 1. The molecular weight excluding hydrogens is 511 g/mol. The molecule has 1 aliphatic heterocycles. The number of amides is 1. The summed E-state index contributed by atoms with van der Waals surface area (Å²) in [4.78, 5) is 14.8. The molecule has 0 saturated carbocycles. The van der Waals surface area contributed by atoms with Crippen LogP contribution in [0.5, 0.6) is 0 Å². The standard InChI is InChI=1S/C27H24BrFN4O2/c1-17-26(34)32(14-13-18-3-2-4-22(30)15-18)27(35-17)24-16-33(23-11-7-20(28)8-12-23)31-25(24)19-5-9-21(29)10-6-19/h2-12,15-17,27H,13-14,30H2,1H3/t17-,27-/m0/s1. The van der Waals surface area contributed by atoms with Gasteiger partial charge in [0, 0.05) is 34.0 Å². The fraction of sp³-hybridized carbons (Fsp3) is 0.185. The van der Waals surface area contributed by atoms with Gasteiger partial charge < -0.3 is 15.4 Å². The van der Waals surface area contributed by atoms with Gasteiger partial charge in [0.15, 0.2) is 6.23 Å². The molecule has 1 aliphatic rings. The lowest BCUT2D eigenvalue weighted by Crippen LogP contribution is -2.32. The van der Waals surface area contributed by atoms with Crippen LogP contribution in [0.4, 0.5) is 10.1 Å². The summed E-state index contributed by atoms with van der Waals surface area (Å²) in [6, 6.07) is 21.6. The number of hydrogen-bond acceptors (Lipinski definition) is 4. The third-order valence-electron chi connectivity index (χ3n) is 6.06. The van der Waals surface area contributed by atoms with Crippen molar-refractivity contribution in [3.63, 3.8) is 0 Å². The smallest absolute Gasteiger partial charge is 0.253 e. The molecule has 0 spiro atoms. The molecule has 0 bridgehead atoms. The number of aromatic nitrogens is 2. The molecule has 0 radical (unpaired) electrons. The third kappa shape index (κ3) is 4.85. The van der Waals surface area contributed by atoms with E-state index in [9.17, 15) is 9.18 Å². The summed E-state index contributed by atoms with van der Waals surface area (Å²) >= 11 is 3.46. The second-order valence-electron chi connectivity index (χ2n) is 8.52. The van der Waals surface area contributed by atoms with Crippen molar-refractivity contribution in [2.24, 2.45) is 0 Å². The van der Waals surface area contributed by atoms with Crippen molar-refractivity contribution < 1.29 is 13.9 Å². The maximum atomic E-state index is 13.6. The zero-order valence-electron chi connectivity index (χ0n) is 19.1. The zero-order valence-corrected chi connectivity index (χ0v) is 20.7. The average molecular weight is 535 g/mol. The Bertz CT molecular complexity index is 1350. The Kier molecular flexibility index (Phi) is 6.40. The minimum Gasteiger partial charge on any atom is -0.399 e. The molecule has 2 atom stereocenters. The second kappa shape index (κ2) is 9.64. The van der Waals surface area contributed by atoms with E-state index in [0.29, 0.717) is 24.3 Å². The van der Waals surface area contributed by atoms with Crippen LogP contribution in [0.1, 0.15) is 24.3 Å². The first-order chi connectivity index (χ1) is 16.9. The number of nitrogens with two attached hydrogens (primary N) is 1. The molecule has 2 heterocycles. The summed E-state index contributed by atoms with van der Waals surface area (Å²) in [6.45, 7) is 2.22. The number of halogens is 2. The number of ether oxygens (including phenoxy) is 1. The first-order valence-corrected chi connectivity index (χ1v) is 12.1. The maximum absolute atomic E-state index is 13.6. The first kappa shape index (κ1) is 23.3. The predicted molar refractivity (Wildman–Crippen MR) is 136 cm³/mol. The van der Waals surface area contributed by atoms with Gasteiger partial charge >= 0.3 is 0 Å². The summed E-state index contributed by atoms with van der Waals surface area (Å²) < 4.78 is 22.5. The van der Waals surface area contributed by atoms with Gasteiger partial charge in [-0.05, 0) is 79.6 Å². The first-order valence-electron chi connectivity index (χ1n) is 11.3. The largest absolute Gasteiger partial charge is 0.399 e. The molecule has 35 heavy (non-hydrogen) atoms. The molecule has 3 aromatic carbocycles. The number of hydrogen-bond donors (Lipinski definition) is 1. The topological polar surface area (TPSA) is 73.4 Å². The van der Waals surface area contributed by atoms with Gasteiger partial charge in [-0.1, -0.05) is 28.1 Å². The fourth-order valence-electron chi connectivity index (χ4n) is 4.27. The van der Waals surface area contributed by atoms with E-state index >= 15 is 0 Å². The summed E-state index contributed by atoms with van der Waals surface area (Å²) in [7, 11) is 0. The van der Waals surface area contributed by atoms with Crippen LogP contribution in [-0.2, 0) is 16.0 Å². The highest BCUT2D eigenvalue weighted by Gasteiger charge is 2.40. The van der Waals surface area contributed by atoms with Gasteiger partial charge in [0.2, 0.25) is 0 Å². The number of nitrogens with zero attached hydrogens (tertiary/aromatic N) is 3. The van der Waals surface area contributed by atoms with Crippen LogP contribution in [0, 0.1) is 5.82 Å². The van der Waals surface area contributed by atoms with Gasteiger partial charge in [0.25, 0.3) is 5.91 Å². The molecule has 1 fully saturated rings. The van der Waals surface area contributed by atoms with E-state index in [4.69, 9.17) is 15.6 Å². The number of rotatable bonds is 6. The van der Waals surface area contributed by atoms with Gasteiger partial charge in [-0.2, -0.15) is 5.10 Å². The Morgan fingerprint density at radius 3 is 2.54 bits per heavy atom. The molecule has 5 rings (SSSR count). The van der Waals surface area contributed by atoms with E-state index in [1.807, 2.05) is 54.7 Å². The molecule has 8 heteroatoms. The molecule has 178 valence electrons. The summed E-state index contributed by atoms with van der Waals surface area (Å²) in [5, 5.41) is 4.81. The third-order valence-corrected chi connectivity index (χ3v) is 6.59. The number of nitrogen functional groups attached to an aromatic ring is 1. The SMILES string of the molecule is C[C@@H]1O[C@@H](c2cn(-c3ccc(Br)cc3)nc2-c2ccc(F)cc2)N(CCc2cccc(N)c2)C1=O. The van der Waals surface area contributed by atoms with Crippen LogP contribution < -0.4 is 5.73 Å². The monoisotopic (exact) mass is 534 g/mol. The van der Waals surface area contributed by atoms with E-state index in [-0.39, 0.29) is 11.7 Å². The van der Waals surface area contributed by atoms with Gasteiger partial charge in [-0.25, -0.2) is 9.07 Å². The predicted octanol–water partition coefficient (Wildman–Crippen LogP) is 5.51. The van der Waals surface area contributed by atoms with Crippen molar-refractivity contribution >= 4 is 27.5 Å². The van der Waals surface area contributed by atoms with Crippen molar-refractivity contribution in [2.45, 2.75) is 25.7 Å². The van der Waals surface area contributed by atoms with Crippen molar-refractivity contribution in [2.75, 3.05) is 12.3 Å². The van der Waals surface area contributed by atoms with E-state index in [2.05, 4.69) is 15.9 Å². The molecule has 1 aromatic heterocycles.